The normalized spacial score (nSPS) is 12.3. The summed E-state index contributed by atoms with van der Waals surface area (Å²) in [4.78, 5) is 26.0. The fraction of sp³-hybridized carbons (Fsp3) is 0.300. The van der Waals surface area contributed by atoms with E-state index in [9.17, 15) is 9.59 Å². The molecule has 2 N–H and O–H groups in total. The highest BCUT2D eigenvalue weighted by Crippen LogP contribution is 2.32. The van der Waals surface area contributed by atoms with Gasteiger partial charge < -0.3 is 25.0 Å². The summed E-state index contributed by atoms with van der Waals surface area (Å²) >= 11 is 0. The zero-order valence-corrected chi connectivity index (χ0v) is 15.7. The first kappa shape index (κ1) is 18.6. The van der Waals surface area contributed by atoms with Crippen molar-refractivity contribution in [2.45, 2.75) is 13.8 Å². The molecule has 2 aromatic rings. The average Bonchev–Trinajstić information content (AvgIpc) is 2.64. The lowest BCUT2D eigenvalue weighted by Crippen LogP contribution is -2.37. The van der Waals surface area contributed by atoms with Crippen LogP contribution in [0.1, 0.15) is 11.1 Å². The van der Waals surface area contributed by atoms with Crippen molar-refractivity contribution < 1.29 is 19.1 Å². The third kappa shape index (κ3) is 4.49. The van der Waals surface area contributed by atoms with E-state index < -0.39 is 0 Å². The number of para-hydroxylation sites is 1. The van der Waals surface area contributed by atoms with Gasteiger partial charge in [0.05, 0.1) is 0 Å². The van der Waals surface area contributed by atoms with Crippen LogP contribution < -0.4 is 20.1 Å². The number of ether oxygens (including phenoxy) is 2. The fourth-order valence-corrected chi connectivity index (χ4v) is 2.82. The van der Waals surface area contributed by atoms with Crippen LogP contribution in [0, 0.1) is 13.8 Å². The van der Waals surface area contributed by atoms with Crippen LogP contribution in [-0.2, 0) is 4.79 Å². The first-order valence-electron chi connectivity index (χ1n) is 8.72. The average molecular weight is 369 g/mol. The Labute approximate surface area is 158 Å². The predicted octanol–water partition coefficient (Wildman–Crippen LogP) is 3.18. The van der Waals surface area contributed by atoms with Gasteiger partial charge in [0.2, 0.25) is 5.91 Å². The van der Waals surface area contributed by atoms with E-state index >= 15 is 0 Å². The molecule has 0 aliphatic carbocycles. The second-order valence-electron chi connectivity index (χ2n) is 6.46. The molecular weight excluding hydrogens is 346 g/mol. The van der Waals surface area contributed by atoms with Crippen LogP contribution in [-0.4, -0.2) is 43.6 Å². The summed E-state index contributed by atoms with van der Waals surface area (Å²) in [5, 5.41) is 5.63. The van der Waals surface area contributed by atoms with E-state index in [1.807, 2.05) is 32.0 Å². The van der Waals surface area contributed by atoms with Crippen LogP contribution in [0.25, 0.3) is 0 Å². The number of anilines is 2. The topological polar surface area (TPSA) is 79.9 Å². The minimum atomic E-state index is -0.386. The lowest BCUT2D eigenvalue weighted by molar-refractivity contribution is -0.116. The molecule has 0 saturated carbocycles. The molecule has 142 valence electrons. The molecule has 3 rings (SSSR count). The maximum absolute atomic E-state index is 12.4. The number of aryl methyl sites for hydroxylation is 2. The number of carbonyl (C=O) groups is 2. The number of carbonyl (C=O) groups excluding carboxylic acids is 2. The monoisotopic (exact) mass is 369 g/mol. The maximum Gasteiger partial charge on any atom is 0.322 e. The first-order valence-corrected chi connectivity index (χ1v) is 8.72. The third-order valence-corrected chi connectivity index (χ3v) is 4.27. The summed E-state index contributed by atoms with van der Waals surface area (Å²) in [5.74, 6) is 0.988. The van der Waals surface area contributed by atoms with Gasteiger partial charge in [0, 0.05) is 24.5 Å². The van der Waals surface area contributed by atoms with Crippen LogP contribution in [0.2, 0.25) is 0 Å². The zero-order valence-electron chi connectivity index (χ0n) is 15.7. The summed E-state index contributed by atoms with van der Waals surface area (Å²) in [5.41, 5.74) is 3.31. The largest absolute Gasteiger partial charge is 0.486 e. The van der Waals surface area contributed by atoms with Crippen LogP contribution >= 0.6 is 0 Å². The van der Waals surface area contributed by atoms with Crippen molar-refractivity contribution in [3.63, 3.8) is 0 Å². The summed E-state index contributed by atoms with van der Waals surface area (Å²) in [6.07, 6.45) is 0. The van der Waals surface area contributed by atoms with Gasteiger partial charge >= 0.3 is 6.03 Å². The molecule has 0 atom stereocenters. The van der Waals surface area contributed by atoms with Crippen molar-refractivity contribution in [2.75, 3.05) is 37.4 Å². The molecule has 27 heavy (non-hydrogen) atoms. The Morgan fingerprint density at radius 1 is 1.00 bits per heavy atom. The molecule has 1 heterocycles. The maximum atomic E-state index is 12.4. The van der Waals surface area contributed by atoms with Crippen molar-refractivity contribution in [3.8, 4) is 11.5 Å². The minimum Gasteiger partial charge on any atom is -0.486 e. The number of rotatable bonds is 4. The number of hydrogen-bond donors (Lipinski definition) is 2. The van der Waals surface area contributed by atoms with Gasteiger partial charge in [0.25, 0.3) is 0 Å². The molecule has 1 aliphatic heterocycles. The van der Waals surface area contributed by atoms with Gasteiger partial charge in [-0.1, -0.05) is 18.2 Å². The molecule has 0 spiro atoms. The Bertz CT molecular complexity index is 846. The highest BCUT2D eigenvalue weighted by Gasteiger charge is 2.16. The number of nitrogens with one attached hydrogen (secondary N) is 2. The third-order valence-electron chi connectivity index (χ3n) is 4.27. The lowest BCUT2D eigenvalue weighted by atomic mass is 10.1. The predicted molar refractivity (Wildman–Crippen MR) is 104 cm³/mol. The number of likely N-dealkylation sites (N-methyl/N-ethyl adjacent to an activating group) is 1. The number of benzene rings is 2. The molecule has 7 nitrogen and oxygen atoms in total. The Morgan fingerprint density at radius 2 is 1.67 bits per heavy atom. The van der Waals surface area contributed by atoms with Crippen molar-refractivity contribution in [1.29, 1.82) is 0 Å². The highest BCUT2D eigenvalue weighted by atomic mass is 16.6. The van der Waals surface area contributed by atoms with Gasteiger partial charge in [-0.15, -0.1) is 0 Å². The number of hydrogen-bond acceptors (Lipinski definition) is 4. The molecule has 0 unspecified atom stereocenters. The summed E-state index contributed by atoms with van der Waals surface area (Å²) < 4.78 is 11.0. The second kappa shape index (κ2) is 7.99. The smallest absolute Gasteiger partial charge is 0.322 e. The Balaban J connectivity index is 1.58. The molecule has 7 heteroatoms. The summed E-state index contributed by atoms with van der Waals surface area (Å²) in [7, 11) is 1.57. The van der Waals surface area contributed by atoms with E-state index in [2.05, 4.69) is 10.6 Å². The van der Waals surface area contributed by atoms with E-state index in [1.165, 1.54) is 4.90 Å². The standard InChI is InChI=1S/C20H23N3O4/c1-13-5-4-6-14(2)19(13)22-18(24)12-23(3)20(25)21-15-7-8-16-17(11-15)27-10-9-26-16/h4-8,11H,9-10,12H2,1-3H3,(H,21,25)(H,22,24). The number of urea groups is 1. The van der Waals surface area contributed by atoms with Crippen LogP contribution in [0.15, 0.2) is 36.4 Å². The number of nitrogens with zero attached hydrogens (tertiary/aromatic N) is 1. The van der Waals surface area contributed by atoms with Gasteiger partial charge in [-0.2, -0.15) is 0 Å². The zero-order chi connectivity index (χ0) is 19.4. The quantitative estimate of drug-likeness (QED) is 0.867. The molecule has 2 aromatic carbocycles. The molecule has 0 radical (unpaired) electrons. The van der Waals surface area contributed by atoms with Crippen molar-refractivity contribution >= 4 is 23.3 Å². The van der Waals surface area contributed by atoms with Crippen LogP contribution in [0.3, 0.4) is 0 Å². The van der Waals surface area contributed by atoms with Gasteiger partial charge in [0.15, 0.2) is 11.5 Å². The Kier molecular flexibility index (Phi) is 5.49. The van der Waals surface area contributed by atoms with Gasteiger partial charge in [-0.25, -0.2) is 4.79 Å². The van der Waals surface area contributed by atoms with Gasteiger partial charge in [-0.05, 0) is 37.1 Å². The molecule has 3 amide bonds. The minimum absolute atomic E-state index is 0.0653. The molecule has 0 fully saturated rings. The van der Waals surface area contributed by atoms with Crippen molar-refractivity contribution in [2.24, 2.45) is 0 Å². The van der Waals surface area contributed by atoms with Gasteiger partial charge in [0.1, 0.15) is 19.8 Å². The van der Waals surface area contributed by atoms with E-state index in [0.29, 0.717) is 30.4 Å². The number of fused-ring (bicyclic) bond motifs is 1. The van der Waals surface area contributed by atoms with E-state index in [4.69, 9.17) is 9.47 Å². The van der Waals surface area contributed by atoms with E-state index in [0.717, 1.165) is 16.8 Å². The number of amides is 3. The Morgan fingerprint density at radius 3 is 2.37 bits per heavy atom. The summed E-state index contributed by atoms with van der Waals surface area (Å²) in [6, 6.07) is 10.6. The lowest BCUT2D eigenvalue weighted by Gasteiger charge is -2.21. The van der Waals surface area contributed by atoms with Crippen molar-refractivity contribution in [3.05, 3.63) is 47.5 Å². The summed E-state index contributed by atoms with van der Waals surface area (Å²) in [6.45, 7) is 4.78. The van der Waals surface area contributed by atoms with E-state index in [-0.39, 0.29) is 18.5 Å². The second-order valence-corrected chi connectivity index (χ2v) is 6.46. The molecule has 0 saturated heterocycles. The highest BCUT2D eigenvalue weighted by molar-refractivity contribution is 5.97. The van der Waals surface area contributed by atoms with Crippen molar-refractivity contribution in [1.82, 2.24) is 4.90 Å². The fourth-order valence-electron chi connectivity index (χ4n) is 2.82. The SMILES string of the molecule is Cc1cccc(C)c1NC(=O)CN(C)C(=O)Nc1ccc2c(c1)OCCO2. The van der Waals surface area contributed by atoms with Crippen LogP contribution in [0.4, 0.5) is 16.2 Å². The Hall–Kier alpha value is -3.22. The molecule has 1 aliphatic rings. The molecule has 0 bridgehead atoms. The molecular formula is C20H23N3O4. The first-order chi connectivity index (χ1) is 12.9. The van der Waals surface area contributed by atoms with E-state index in [1.54, 1.807) is 25.2 Å². The molecule has 0 aromatic heterocycles. The van der Waals surface area contributed by atoms with Gasteiger partial charge in [-0.3, -0.25) is 4.79 Å². The van der Waals surface area contributed by atoms with Crippen LogP contribution in [0.5, 0.6) is 11.5 Å².